The minimum atomic E-state index is -1.30. The van der Waals surface area contributed by atoms with E-state index in [4.69, 9.17) is 10.5 Å². The van der Waals surface area contributed by atoms with Crippen LogP contribution in [-0.4, -0.2) is 47.0 Å². The molecule has 2 N–H and O–H groups in total. The summed E-state index contributed by atoms with van der Waals surface area (Å²) in [5.74, 6) is -3.61. The van der Waals surface area contributed by atoms with Gasteiger partial charge in [0.1, 0.15) is 12.4 Å². The van der Waals surface area contributed by atoms with E-state index in [0.29, 0.717) is 32.0 Å². The number of halogens is 4. The van der Waals surface area contributed by atoms with Crippen LogP contribution in [0.4, 0.5) is 18.0 Å². The minimum Gasteiger partial charge on any atom is -0.445 e. The molecule has 36 heavy (non-hydrogen) atoms. The Morgan fingerprint density at radius 2 is 1.64 bits per heavy atom. The zero-order valence-electron chi connectivity index (χ0n) is 20.7. The van der Waals surface area contributed by atoms with Crippen molar-refractivity contribution < 1.29 is 27.5 Å². The second kappa shape index (κ2) is 12.5. The van der Waals surface area contributed by atoms with Crippen LogP contribution in [0.2, 0.25) is 0 Å². The number of nitrogens with zero attached hydrogens (tertiary/aromatic N) is 2. The normalized spacial score (nSPS) is 15.1. The van der Waals surface area contributed by atoms with Crippen LogP contribution in [0.1, 0.15) is 44.7 Å². The van der Waals surface area contributed by atoms with Gasteiger partial charge in [0.25, 0.3) is 0 Å². The SMILES string of the molecule is CC(C)(C)[C@H](N)C(=O)N1CCC(N(Cc2cc(F)c(F)cc2F)C(=O)OCc2ccccc2)CC1.Cl. The van der Waals surface area contributed by atoms with Gasteiger partial charge in [-0.25, -0.2) is 18.0 Å². The monoisotopic (exact) mass is 527 g/mol. The molecule has 0 unspecified atom stereocenters. The van der Waals surface area contributed by atoms with Gasteiger partial charge in [-0.15, -0.1) is 12.4 Å². The molecule has 0 spiro atoms. The fraction of sp³-hybridized carbons (Fsp3) is 0.462. The number of ether oxygens (including phenoxy) is 1. The van der Waals surface area contributed by atoms with Crippen molar-refractivity contribution in [3.63, 3.8) is 0 Å². The summed E-state index contributed by atoms with van der Waals surface area (Å²) in [6.45, 7) is 6.10. The van der Waals surface area contributed by atoms with E-state index in [1.807, 2.05) is 39.0 Å². The summed E-state index contributed by atoms with van der Waals surface area (Å²) in [5.41, 5.74) is 6.34. The Morgan fingerprint density at radius 3 is 2.22 bits per heavy atom. The van der Waals surface area contributed by atoms with Crippen LogP contribution in [0.3, 0.4) is 0 Å². The molecule has 198 valence electrons. The summed E-state index contributed by atoms with van der Waals surface area (Å²) in [6.07, 6.45) is 0.122. The molecule has 1 fully saturated rings. The molecular formula is C26H33ClF3N3O3. The van der Waals surface area contributed by atoms with E-state index in [0.717, 1.165) is 11.6 Å². The number of carbonyl (C=O) groups is 2. The maximum Gasteiger partial charge on any atom is 0.410 e. The maximum atomic E-state index is 14.4. The molecule has 2 amide bonds. The van der Waals surface area contributed by atoms with E-state index >= 15 is 0 Å². The van der Waals surface area contributed by atoms with E-state index in [9.17, 15) is 22.8 Å². The molecule has 1 saturated heterocycles. The van der Waals surface area contributed by atoms with Gasteiger partial charge < -0.3 is 20.3 Å². The Labute approximate surface area is 216 Å². The summed E-state index contributed by atoms with van der Waals surface area (Å²) >= 11 is 0. The van der Waals surface area contributed by atoms with E-state index in [2.05, 4.69) is 0 Å². The first kappa shape index (κ1) is 29.5. The van der Waals surface area contributed by atoms with Gasteiger partial charge in [0.05, 0.1) is 12.6 Å². The van der Waals surface area contributed by atoms with Crippen LogP contribution in [0.15, 0.2) is 42.5 Å². The molecule has 10 heteroatoms. The lowest BCUT2D eigenvalue weighted by Gasteiger charge is -2.40. The largest absolute Gasteiger partial charge is 0.445 e. The zero-order valence-corrected chi connectivity index (χ0v) is 21.5. The van der Waals surface area contributed by atoms with E-state index in [1.54, 1.807) is 17.0 Å². The molecule has 0 aliphatic carbocycles. The standard InChI is InChI=1S/C26H32F3N3O3.ClH/c1-26(2,3)23(30)24(33)31-11-9-19(10-12-31)32(15-18-13-21(28)22(29)14-20(18)27)25(34)35-16-17-7-5-4-6-8-17;/h4-8,13-14,19,23H,9-12,15-16,30H2,1-3H3;1H/t23-;/m1./s1. The van der Waals surface area contributed by atoms with Gasteiger partial charge in [0.2, 0.25) is 5.91 Å². The average Bonchev–Trinajstić information content (AvgIpc) is 2.83. The van der Waals surface area contributed by atoms with Gasteiger partial charge in [0.15, 0.2) is 11.6 Å². The van der Waals surface area contributed by atoms with Crippen molar-refractivity contribution in [1.82, 2.24) is 9.80 Å². The van der Waals surface area contributed by atoms with Gasteiger partial charge in [0, 0.05) is 30.8 Å². The Balaban J connectivity index is 0.00000456. The number of benzene rings is 2. The number of amides is 2. The Morgan fingerprint density at radius 1 is 1.06 bits per heavy atom. The molecule has 1 atom stereocenters. The van der Waals surface area contributed by atoms with E-state index < -0.39 is 35.0 Å². The quantitative estimate of drug-likeness (QED) is 0.535. The highest BCUT2D eigenvalue weighted by Crippen LogP contribution is 2.25. The summed E-state index contributed by atoms with van der Waals surface area (Å²) in [6, 6.07) is 9.23. The third-order valence-electron chi connectivity index (χ3n) is 6.29. The van der Waals surface area contributed by atoms with Gasteiger partial charge in [-0.2, -0.15) is 0 Å². The van der Waals surface area contributed by atoms with Crippen molar-refractivity contribution in [3.8, 4) is 0 Å². The topological polar surface area (TPSA) is 75.9 Å². The molecule has 1 aliphatic rings. The average molecular weight is 528 g/mol. The van der Waals surface area contributed by atoms with Crippen LogP contribution in [0.5, 0.6) is 0 Å². The van der Waals surface area contributed by atoms with Gasteiger partial charge in [-0.3, -0.25) is 4.79 Å². The van der Waals surface area contributed by atoms with Crippen molar-refractivity contribution in [1.29, 1.82) is 0 Å². The van der Waals surface area contributed by atoms with E-state index in [-0.39, 0.29) is 43.1 Å². The molecule has 3 rings (SSSR count). The minimum absolute atomic E-state index is 0. The molecule has 1 aliphatic heterocycles. The highest BCUT2D eigenvalue weighted by Gasteiger charge is 2.35. The zero-order chi connectivity index (χ0) is 25.8. The molecule has 6 nitrogen and oxygen atoms in total. The number of likely N-dealkylation sites (tertiary alicyclic amines) is 1. The summed E-state index contributed by atoms with van der Waals surface area (Å²) in [4.78, 5) is 28.8. The molecule has 2 aromatic carbocycles. The Bertz CT molecular complexity index is 1040. The van der Waals surface area contributed by atoms with Gasteiger partial charge in [-0.1, -0.05) is 51.1 Å². The summed E-state index contributed by atoms with van der Waals surface area (Å²) in [5, 5.41) is 0. The third-order valence-corrected chi connectivity index (χ3v) is 6.29. The number of carbonyl (C=O) groups excluding carboxylic acids is 2. The van der Waals surface area contributed by atoms with Crippen molar-refractivity contribution >= 4 is 24.4 Å². The van der Waals surface area contributed by atoms with Crippen molar-refractivity contribution in [3.05, 3.63) is 71.0 Å². The highest BCUT2D eigenvalue weighted by atomic mass is 35.5. The maximum absolute atomic E-state index is 14.4. The Kier molecular flexibility index (Phi) is 10.2. The van der Waals surface area contributed by atoms with Gasteiger partial charge in [-0.05, 0) is 29.9 Å². The van der Waals surface area contributed by atoms with Crippen LogP contribution < -0.4 is 5.73 Å². The lowest BCUT2D eigenvalue weighted by molar-refractivity contribution is -0.136. The highest BCUT2D eigenvalue weighted by molar-refractivity contribution is 5.85. The van der Waals surface area contributed by atoms with Crippen molar-refractivity contribution in [2.75, 3.05) is 13.1 Å². The number of nitrogens with two attached hydrogens (primary N) is 1. The fourth-order valence-electron chi connectivity index (χ4n) is 3.98. The van der Waals surface area contributed by atoms with Crippen molar-refractivity contribution in [2.45, 2.75) is 58.8 Å². The number of hydrogen-bond donors (Lipinski definition) is 1. The van der Waals surface area contributed by atoms with Crippen molar-refractivity contribution in [2.24, 2.45) is 11.1 Å². The summed E-state index contributed by atoms with van der Waals surface area (Å²) in [7, 11) is 0. The molecule has 2 aromatic rings. The smallest absolute Gasteiger partial charge is 0.410 e. The molecule has 0 saturated carbocycles. The van der Waals surface area contributed by atoms with Gasteiger partial charge >= 0.3 is 6.09 Å². The van der Waals surface area contributed by atoms with Crippen LogP contribution in [0.25, 0.3) is 0 Å². The third kappa shape index (κ3) is 7.36. The lowest BCUT2D eigenvalue weighted by atomic mass is 9.86. The van der Waals surface area contributed by atoms with Crippen LogP contribution in [0, 0.1) is 22.9 Å². The Hall–Kier alpha value is -2.78. The molecule has 1 heterocycles. The summed E-state index contributed by atoms with van der Waals surface area (Å²) < 4.78 is 47.1. The van der Waals surface area contributed by atoms with Crippen LogP contribution in [-0.2, 0) is 22.7 Å². The fourth-order valence-corrected chi connectivity index (χ4v) is 3.98. The molecular weight excluding hydrogens is 495 g/mol. The lowest BCUT2D eigenvalue weighted by Crippen LogP contribution is -2.55. The second-order valence-electron chi connectivity index (χ2n) is 9.93. The molecule has 0 bridgehead atoms. The second-order valence-corrected chi connectivity index (χ2v) is 9.93. The first-order chi connectivity index (χ1) is 16.5. The number of piperidine rings is 1. The first-order valence-electron chi connectivity index (χ1n) is 11.6. The predicted octanol–water partition coefficient (Wildman–Crippen LogP) is 5.03. The predicted molar refractivity (Wildman–Crippen MR) is 133 cm³/mol. The molecule has 0 aromatic heterocycles. The van der Waals surface area contributed by atoms with Crippen LogP contribution >= 0.6 is 12.4 Å². The number of hydrogen-bond acceptors (Lipinski definition) is 4. The molecule has 0 radical (unpaired) electrons. The van der Waals surface area contributed by atoms with E-state index in [1.165, 1.54) is 4.90 Å². The number of rotatable bonds is 6. The first-order valence-corrected chi connectivity index (χ1v) is 11.6.